The predicted molar refractivity (Wildman–Crippen MR) is 115 cm³/mol. The Morgan fingerprint density at radius 3 is 2.47 bits per heavy atom. The fourth-order valence-corrected chi connectivity index (χ4v) is 4.53. The average molecular weight is 468 g/mol. The summed E-state index contributed by atoms with van der Waals surface area (Å²) in [5.41, 5.74) is 3.12. The summed E-state index contributed by atoms with van der Waals surface area (Å²) in [7, 11) is 0. The Kier molecular flexibility index (Phi) is 5.22. The summed E-state index contributed by atoms with van der Waals surface area (Å²) in [6.07, 6.45) is -2.65. The Balaban J connectivity index is 1.51. The maximum Gasteiger partial charge on any atom is 0.408 e. The van der Waals surface area contributed by atoms with Gasteiger partial charge in [-0.05, 0) is 29.7 Å². The SMILES string of the molecule is O=C1CC[C@H](N2Cc3cc(-c4cnn(CC(F)(F)F)c4-c4ccccc4)ccc3C2=O)C(=O)N1. The first-order chi connectivity index (χ1) is 16.2. The molecule has 5 rings (SSSR count). The van der Waals surface area contributed by atoms with E-state index in [1.165, 1.54) is 11.1 Å². The van der Waals surface area contributed by atoms with Crippen molar-refractivity contribution in [3.8, 4) is 22.4 Å². The van der Waals surface area contributed by atoms with Crippen LogP contribution >= 0.6 is 0 Å². The van der Waals surface area contributed by atoms with Crippen molar-refractivity contribution in [2.75, 3.05) is 0 Å². The van der Waals surface area contributed by atoms with Crippen LogP contribution in [0.4, 0.5) is 13.2 Å². The lowest BCUT2D eigenvalue weighted by Gasteiger charge is -2.29. The third kappa shape index (κ3) is 3.95. The van der Waals surface area contributed by atoms with Crippen molar-refractivity contribution in [3.63, 3.8) is 0 Å². The number of halogens is 3. The smallest absolute Gasteiger partial charge is 0.322 e. The molecule has 3 amide bonds. The molecular formula is C24H19F3N4O3. The summed E-state index contributed by atoms with van der Waals surface area (Å²) in [5.74, 6) is -1.18. The molecule has 2 aromatic carbocycles. The van der Waals surface area contributed by atoms with E-state index in [1.807, 2.05) is 0 Å². The molecule has 7 nitrogen and oxygen atoms in total. The molecule has 1 fully saturated rings. The van der Waals surface area contributed by atoms with Gasteiger partial charge in [0.15, 0.2) is 0 Å². The van der Waals surface area contributed by atoms with Crippen LogP contribution in [0.15, 0.2) is 54.7 Å². The molecule has 2 aliphatic heterocycles. The van der Waals surface area contributed by atoms with E-state index in [-0.39, 0.29) is 31.2 Å². The summed E-state index contributed by atoms with van der Waals surface area (Å²) >= 11 is 0. The summed E-state index contributed by atoms with van der Waals surface area (Å²) in [6, 6.07) is 13.0. The summed E-state index contributed by atoms with van der Waals surface area (Å²) in [6.45, 7) is -1.06. The zero-order chi connectivity index (χ0) is 24.0. The minimum atomic E-state index is -4.44. The van der Waals surface area contributed by atoms with Gasteiger partial charge in [-0.15, -0.1) is 0 Å². The van der Waals surface area contributed by atoms with Gasteiger partial charge in [0, 0.05) is 29.7 Å². The Labute approximate surface area is 192 Å². The Bertz CT molecular complexity index is 1300. The molecule has 174 valence electrons. The van der Waals surface area contributed by atoms with E-state index in [9.17, 15) is 27.6 Å². The van der Waals surface area contributed by atoms with Crippen molar-refractivity contribution in [2.24, 2.45) is 0 Å². The molecule has 0 aliphatic carbocycles. The maximum absolute atomic E-state index is 13.2. The summed E-state index contributed by atoms with van der Waals surface area (Å²) < 4.78 is 40.5. The molecule has 0 bridgehead atoms. The van der Waals surface area contributed by atoms with Gasteiger partial charge in [-0.3, -0.25) is 24.4 Å². The van der Waals surface area contributed by atoms with E-state index >= 15 is 0 Å². The first kappa shape index (κ1) is 21.9. The van der Waals surface area contributed by atoms with E-state index in [1.54, 1.807) is 48.5 Å². The first-order valence-electron chi connectivity index (χ1n) is 10.7. The number of carbonyl (C=O) groups excluding carboxylic acids is 3. The number of rotatable bonds is 4. The van der Waals surface area contributed by atoms with Crippen LogP contribution in [0.2, 0.25) is 0 Å². The van der Waals surface area contributed by atoms with E-state index in [2.05, 4.69) is 10.4 Å². The number of carbonyl (C=O) groups is 3. The maximum atomic E-state index is 13.2. The van der Waals surface area contributed by atoms with E-state index in [0.717, 1.165) is 4.68 Å². The van der Waals surface area contributed by atoms with Crippen LogP contribution in [-0.4, -0.2) is 44.6 Å². The topological polar surface area (TPSA) is 84.3 Å². The predicted octanol–water partition coefficient (Wildman–Crippen LogP) is 3.54. The highest BCUT2D eigenvalue weighted by Gasteiger charge is 2.39. The number of nitrogens with zero attached hydrogens (tertiary/aromatic N) is 3. The van der Waals surface area contributed by atoms with Gasteiger partial charge in [0.2, 0.25) is 11.8 Å². The van der Waals surface area contributed by atoms with Crippen molar-refractivity contribution in [1.82, 2.24) is 20.0 Å². The highest BCUT2D eigenvalue weighted by atomic mass is 19.4. The molecule has 0 radical (unpaired) electrons. The minimum absolute atomic E-state index is 0.153. The van der Waals surface area contributed by atoms with Gasteiger partial charge in [0.05, 0.1) is 11.9 Å². The monoisotopic (exact) mass is 468 g/mol. The van der Waals surface area contributed by atoms with Crippen molar-refractivity contribution < 1.29 is 27.6 Å². The molecule has 1 saturated heterocycles. The normalized spacial score (nSPS) is 18.3. The number of aromatic nitrogens is 2. The molecule has 0 saturated carbocycles. The van der Waals surface area contributed by atoms with Gasteiger partial charge < -0.3 is 4.90 Å². The van der Waals surface area contributed by atoms with Gasteiger partial charge in [-0.2, -0.15) is 18.3 Å². The van der Waals surface area contributed by atoms with Gasteiger partial charge in [-0.25, -0.2) is 0 Å². The lowest BCUT2D eigenvalue weighted by molar-refractivity contribution is -0.142. The van der Waals surface area contributed by atoms with Gasteiger partial charge in [0.25, 0.3) is 5.91 Å². The molecular weight excluding hydrogens is 449 g/mol. The number of imide groups is 1. The van der Waals surface area contributed by atoms with Crippen LogP contribution in [0, 0.1) is 0 Å². The zero-order valence-corrected chi connectivity index (χ0v) is 17.8. The number of benzene rings is 2. The molecule has 34 heavy (non-hydrogen) atoms. The van der Waals surface area contributed by atoms with Crippen LogP contribution in [-0.2, 0) is 22.7 Å². The molecule has 3 aromatic rings. The van der Waals surface area contributed by atoms with E-state index < -0.39 is 24.7 Å². The van der Waals surface area contributed by atoms with E-state index in [0.29, 0.717) is 33.5 Å². The number of alkyl halides is 3. The van der Waals surface area contributed by atoms with E-state index in [4.69, 9.17) is 0 Å². The zero-order valence-electron chi connectivity index (χ0n) is 17.8. The second-order valence-corrected chi connectivity index (χ2v) is 8.32. The average Bonchev–Trinajstić information content (AvgIpc) is 3.34. The Hall–Kier alpha value is -3.95. The van der Waals surface area contributed by atoms with Gasteiger partial charge in [-0.1, -0.05) is 36.4 Å². The highest BCUT2D eigenvalue weighted by molar-refractivity contribution is 6.05. The molecule has 1 atom stereocenters. The third-order valence-electron chi connectivity index (χ3n) is 6.05. The van der Waals surface area contributed by atoms with Crippen LogP contribution in [0.25, 0.3) is 22.4 Å². The minimum Gasteiger partial charge on any atom is -0.322 e. The molecule has 0 unspecified atom stereocenters. The number of piperidine rings is 1. The molecule has 10 heteroatoms. The second kappa shape index (κ2) is 8.12. The third-order valence-corrected chi connectivity index (χ3v) is 6.05. The first-order valence-corrected chi connectivity index (χ1v) is 10.7. The molecule has 0 spiro atoms. The summed E-state index contributed by atoms with van der Waals surface area (Å²) in [4.78, 5) is 38.1. The Morgan fingerprint density at radius 1 is 1.00 bits per heavy atom. The number of amides is 3. The fraction of sp³-hybridized carbons (Fsp3) is 0.250. The quantitative estimate of drug-likeness (QED) is 0.594. The summed E-state index contributed by atoms with van der Waals surface area (Å²) in [5, 5.41) is 6.27. The number of nitrogens with one attached hydrogen (secondary N) is 1. The lowest BCUT2D eigenvalue weighted by Crippen LogP contribution is -2.52. The standard InChI is InChI=1S/C24H19F3N4O3/c25-24(26,27)13-31-21(14-4-2-1-3-5-14)18(11-28-31)15-6-7-17-16(10-15)12-30(23(17)34)19-8-9-20(32)29-22(19)33/h1-7,10-11,19H,8-9,12-13H2,(H,29,32,33)/t19-/m0/s1. The fourth-order valence-electron chi connectivity index (χ4n) is 4.53. The second-order valence-electron chi connectivity index (χ2n) is 8.32. The molecule has 2 aliphatic rings. The highest BCUT2D eigenvalue weighted by Crippen LogP contribution is 2.36. The number of hydrogen-bond acceptors (Lipinski definition) is 4. The van der Waals surface area contributed by atoms with Crippen molar-refractivity contribution in [3.05, 3.63) is 65.9 Å². The van der Waals surface area contributed by atoms with Crippen LogP contribution in [0.1, 0.15) is 28.8 Å². The van der Waals surface area contributed by atoms with Crippen LogP contribution in [0.3, 0.4) is 0 Å². The van der Waals surface area contributed by atoms with Gasteiger partial charge in [0.1, 0.15) is 12.6 Å². The number of fused-ring (bicyclic) bond motifs is 1. The van der Waals surface area contributed by atoms with Crippen LogP contribution < -0.4 is 5.32 Å². The van der Waals surface area contributed by atoms with Crippen molar-refractivity contribution >= 4 is 17.7 Å². The van der Waals surface area contributed by atoms with Gasteiger partial charge >= 0.3 is 6.18 Å². The largest absolute Gasteiger partial charge is 0.408 e. The Morgan fingerprint density at radius 2 is 1.76 bits per heavy atom. The molecule has 3 heterocycles. The number of hydrogen-bond donors (Lipinski definition) is 1. The van der Waals surface area contributed by atoms with Crippen molar-refractivity contribution in [1.29, 1.82) is 0 Å². The van der Waals surface area contributed by atoms with Crippen LogP contribution in [0.5, 0.6) is 0 Å². The van der Waals surface area contributed by atoms with Crippen molar-refractivity contribution in [2.45, 2.75) is 38.1 Å². The molecule has 1 aromatic heterocycles. The molecule has 1 N–H and O–H groups in total. The lowest BCUT2D eigenvalue weighted by atomic mass is 9.98.